The van der Waals surface area contributed by atoms with Gasteiger partial charge in [0.05, 0.1) is 6.10 Å². The number of nitrogens with one attached hydrogen (secondary N) is 1. The Bertz CT molecular complexity index is 548. The summed E-state index contributed by atoms with van der Waals surface area (Å²) < 4.78 is 4.98. The lowest BCUT2D eigenvalue weighted by Gasteiger charge is -2.13. The first-order chi connectivity index (χ1) is 9.69. The molecule has 0 fully saturated rings. The van der Waals surface area contributed by atoms with E-state index in [1.807, 2.05) is 30.3 Å². The van der Waals surface area contributed by atoms with Crippen LogP contribution in [0.2, 0.25) is 0 Å². The highest BCUT2D eigenvalue weighted by molar-refractivity contribution is 5.44. The van der Waals surface area contributed by atoms with Gasteiger partial charge >= 0.3 is 0 Å². The minimum Gasteiger partial charge on any atom is -0.387 e. The second-order valence-corrected chi connectivity index (χ2v) is 4.33. The maximum absolute atomic E-state index is 10.1. The number of hydrogen-bond acceptors (Lipinski definition) is 6. The molecule has 6 nitrogen and oxygen atoms in total. The molecule has 0 saturated carbocycles. The van der Waals surface area contributed by atoms with Crippen LogP contribution in [0.1, 0.15) is 17.5 Å². The fourth-order valence-corrected chi connectivity index (χ4v) is 1.80. The van der Waals surface area contributed by atoms with E-state index in [2.05, 4.69) is 15.3 Å². The van der Waals surface area contributed by atoms with Gasteiger partial charge in [-0.05, 0) is 5.56 Å². The number of anilines is 2. The summed E-state index contributed by atoms with van der Waals surface area (Å²) >= 11 is 0. The Morgan fingerprint density at radius 3 is 2.75 bits per heavy atom. The van der Waals surface area contributed by atoms with E-state index in [4.69, 9.17) is 10.5 Å². The number of nitrogens with two attached hydrogens (primary N) is 1. The lowest BCUT2D eigenvalue weighted by atomic mass is 10.1. The molecule has 4 N–H and O–H groups in total. The Morgan fingerprint density at radius 2 is 2.05 bits per heavy atom. The molecule has 106 valence electrons. The molecule has 0 amide bonds. The van der Waals surface area contributed by atoms with Crippen molar-refractivity contribution in [3.05, 3.63) is 47.8 Å². The molecule has 1 atom stereocenters. The quantitative estimate of drug-likeness (QED) is 0.736. The van der Waals surface area contributed by atoms with Gasteiger partial charge in [-0.15, -0.1) is 0 Å². The van der Waals surface area contributed by atoms with Gasteiger partial charge in [-0.3, -0.25) is 0 Å². The molecule has 1 aromatic heterocycles. The van der Waals surface area contributed by atoms with E-state index < -0.39 is 6.10 Å². The third kappa shape index (κ3) is 3.91. The zero-order valence-corrected chi connectivity index (χ0v) is 11.3. The number of aliphatic hydroxyl groups is 1. The summed E-state index contributed by atoms with van der Waals surface area (Å²) in [6.07, 6.45) is -0.613. The number of aromatic nitrogens is 2. The van der Waals surface area contributed by atoms with Gasteiger partial charge in [0, 0.05) is 19.7 Å². The Kier molecular flexibility index (Phi) is 4.86. The van der Waals surface area contributed by atoms with Crippen molar-refractivity contribution < 1.29 is 9.84 Å². The summed E-state index contributed by atoms with van der Waals surface area (Å²) in [7, 11) is 1.57. The first kappa shape index (κ1) is 14.2. The zero-order chi connectivity index (χ0) is 14.4. The highest BCUT2D eigenvalue weighted by atomic mass is 16.5. The number of nitrogens with zero attached hydrogens (tertiary/aromatic N) is 2. The third-order valence-electron chi connectivity index (χ3n) is 2.73. The lowest BCUT2D eigenvalue weighted by Crippen LogP contribution is -2.14. The van der Waals surface area contributed by atoms with Gasteiger partial charge in [-0.2, -0.15) is 0 Å². The average Bonchev–Trinajstić information content (AvgIpc) is 2.45. The largest absolute Gasteiger partial charge is 0.387 e. The summed E-state index contributed by atoms with van der Waals surface area (Å²) in [5.41, 5.74) is 6.54. The molecule has 1 aromatic carbocycles. The highest BCUT2D eigenvalue weighted by Crippen LogP contribution is 2.14. The van der Waals surface area contributed by atoms with Crippen molar-refractivity contribution in [1.29, 1.82) is 0 Å². The molecular weight excluding hydrogens is 256 g/mol. The lowest BCUT2D eigenvalue weighted by molar-refractivity contribution is 0.178. The molecule has 0 radical (unpaired) electrons. The molecule has 2 rings (SSSR count). The highest BCUT2D eigenvalue weighted by Gasteiger charge is 2.08. The van der Waals surface area contributed by atoms with Gasteiger partial charge in [-0.25, -0.2) is 9.97 Å². The Hall–Kier alpha value is -2.18. The minimum absolute atomic E-state index is 0.293. The minimum atomic E-state index is -0.613. The fourth-order valence-electron chi connectivity index (χ4n) is 1.80. The van der Waals surface area contributed by atoms with E-state index in [1.54, 1.807) is 13.2 Å². The van der Waals surface area contributed by atoms with Crippen molar-refractivity contribution in [1.82, 2.24) is 9.97 Å². The summed E-state index contributed by atoms with van der Waals surface area (Å²) in [6.45, 7) is 0.633. The molecule has 0 saturated heterocycles. The number of benzene rings is 1. The Morgan fingerprint density at radius 1 is 1.30 bits per heavy atom. The van der Waals surface area contributed by atoms with Gasteiger partial charge in [-0.1, -0.05) is 30.3 Å². The molecule has 20 heavy (non-hydrogen) atoms. The maximum atomic E-state index is 10.1. The van der Waals surface area contributed by atoms with E-state index in [9.17, 15) is 5.11 Å². The summed E-state index contributed by atoms with van der Waals surface area (Å²) in [5, 5.41) is 13.1. The van der Waals surface area contributed by atoms with E-state index in [1.165, 1.54) is 0 Å². The smallest absolute Gasteiger partial charge is 0.158 e. The maximum Gasteiger partial charge on any atom is 0.158 e. The van der Waals surface area contributed by atoms with E-state index in [0.29, 0.717) is 30.6 Å². The first-order valence-corrected chi connectivity index (χ1v) is 6.28. The van der Waals surface area contributed by atoms with Crippen LogP contribution in [0.5, 0.6) is 0 Å². The van der Waals surface area contributed by atoms with Crippen molar-refractivity contribution in [2.75, 3.05) is 24.7 Å². The van der Waals surface area contributed by atoms with Gasteiger partial charge in [0.15, 0.2) is 5.82 Å². The molecule has 0 spiro atoms. The van der Waals surface area contributed by atoms with Crippen molar-refractivity contribution in [3.8, 4) is 0 Å². The topological polar surface area (TPSA) is 93.3 Å². The monoisotopic (exact) mass is 274 g/mol. The molecule has 2 aromatic rings. The van der Waals surface area contributed by atoms with Gasteiger partial charge < -0.3 is 20.9 Å². The van der Waals surface area contributed by atoms with Crippen LogP contribution >= 0.6 is 0 Å². The summed E-state index contributed by atoms with van der Waals surface area (Å²) in [5.74, 6) is 1.44. The molecule has 1 unspecified atom stereocenters. The number of rotatable bonds is 6. The SMILES string of the molecule is COCc1nc(N)cc(NCC(O)c2ccccc2)n1. The second-order valence-electron chi connectivity index (χ2n) is 4.33. The van der Waals surface area contributed by atoms with E-state index in [-0.39, 0.29) is 0 Å². The number of nitrogen functional groups attached to an aromatic ring is 1. The van der Waals surface area contributed by atoms with Gasteiger partial charge in [0.1, 0.15) is 18.2 Å². The van der Waals surface area contributed by atoms with Crippen LogP contribution in [0.4, 0.5) is 11.6 Å². The average molecular weight is 274 g/mol. The van der Waals surface area contributed by atoms with Crippen molar-refractivity contribution in [3.63, 3.8) is 0 Å². The van der Waals surface area contributed by atoms with Gasteiger partial charge in [0.2, 0.25) is 0 Å². The Labute approximate surface area is 117 Å². The fraction of sp³-hybridized carbons (Fsp3) is 0.286. The molecule has 6 heteroatoms. The van der Waals surface area contributed by atoms with Crippen LogP contribution in [0.25, 0.3) is 0 Å². The number of aliphatic hydroxyl groups excluding tert-OH is 1. The zero-order valence-electron chi connectivity index (χ0n) is 11.3. The van der Waals surface area contributed by atoms with Crippen molar-refractivity contribution in [2.45, 2.75) is 12.7 Å². The molecule has 0 aliphatic carbocycles. The number of ether oxygens (including phenoxy) is 1. The predicted molar refractivity (Wildman–Crippen MR) is 77.0 cm³/mol. The van der Waals surface area contributed by atoms with Crippen molar-refractivity contribution in [2.24, 2.45) is 0 Å². The molecule has 0 aliphatic heterocycles. The van der Waals surface area contributed by atoms with Crippen LogP contribution in [0, 0.1) is 0 Å². The van der Waals surface area contributed by atoms with E-state index >= 15 is 0 Å². The van der Waals surface area contributed by atoms with Crippen LogP contribution in [-0.2, 0) is 11.3 Å². The van der Waals surface area contributed by atoms with Crippen LogP contribution in [-0.4, -0.2) is 28.7 Å². The summed E-state index contributed by atoms with van der Waals surface area (Å²) in [6, 6.07) is 11.0. The van der Waals surface area contributed by atoms with Crippen LogP contribution < -0.4 is 11.1 Å². The first-order valence-electron chi connectivity index (χ1n) is 6.28. The van der Waals surface area contributed by atoms with Crippen LogP contribution in [0.3, 0.4) is 0 Å². The molecular formula is C14H18N4O2. The molecule has 1 heterocycles. The number of hydrogen-bond donors (Lipinski definition) is 3. The standard InChI is InChI=1S/C14H18N4O2/c1-20-9-14-17-12(15)7-13(18-14)16-8-11(19)10-5-3-2-4-6-10/h2-7,11,19H,8-9H2,1H3,(H3,15,16,17,18). The Balaban J connectivity index is 2.00. The molecule has 0 aliphatic rings. The molecule has 0 bridgehead atoms. The second kappa shape index (κ2) is 6.83. The van der Waals surface area contributed by atoms with E-state index in [0.717, 1.165) is 5.56 Å². The predicted octanol–water partition coefficient (Wildman–Crippen LogP) is 1.35. The summed E-state index contributed by atoms with van der Waals surface area (Å²) in [4.78, 5) is 8.30. The third-order valence-corrected chi connectivity index (χ3v) is 2.73. The normalized spacial score (nSPS) is 12.1. The van der Waals surface area contributed by atoms with Gasteiger partial charge in [0.25, 0.3) is 0 Å². The van der Waals surface area contributed by atoms with Crippen molar-refractivity contribution >= 4 is 11.6 Å². The number of methoxy groups -OCH3 is 1. The van der Waals surface area contributed by atoms with Crippen LogP contribution in [0.15, 0.2) is 36.4 Å².